The minimum atomic E-state index is -0.712. The predicted molar refractivity (Wildman–Crippen MR) is 60.3 cm³/mol. The van der Waals surface area contributed by atoms with E-state index in [2.05, 4.69) is 0 Å². The highest BCUT2D eigenvalue weighted by molar-refractivity contribution is 6.08. The zero-order chi connectivity index (χ0) is 11.4. The van der Waals surface area contributed by atoms with Gasteiger partial charge in [0.05, 0.1) is 21.1 Å². The van der Waals surface area contributed by atoms with Gasteiger partial charge in [0.15, 0.2) is 6.10 Å². The molecule has 0 bridgehead atoms. The van der Waals surface area contributed by atoms with Crippen LogP contribution in [0.25, 0.3) is 0 Å². The molecule has 4 nitrogen and oxygen atoms in total. The second kappa shape index (κ2) is 5.23. The maximum atomic E-state index is 5.54. The lowest BCUT2D eigenvalue weighted by Crippen LogP contribution is -2.66. The van der Waals surface area contributed by atoms with Crippen LogP contribution >= 0.6 is 0 Å². The third kappa shape index (κ3) is 2.35. The Kier molecular flexibility index (Phi) is 5.25. The molecule has 0 saturated heterocycles. The minimum absolute atomic E-state index is 0.0239. The van der Waals surface area contributed by atoms with E-state index in [4.69, 9.17) is 14.2 Å². The van der Waals surface area contributed by atoms with Crippen molar-refractivity contribution in [1.82, 2.24) is 0 Å². The van der Waals surface area contributed by atoms with E-state index >= 15 is 0 Å². The third-order valence-corrected chi connectivity index (χ3v) is 3.32. The molecule has 0 heterocycles. The summed E-state index contributed by atoms with van der Waals surface area (Å²) in [5, 5.41) is 0. The second-order valence-corrected chi connectivity index (χ2v) is 5.00. The van der Waals surface area contributed by atoms with Crippen molar-refractivity contribution in [2.75, 3.05) is 42.5 Å². The van der Waals surface area contributed by atoms with Crippen LogP contribution in [0.1, 0.15) is 0 Å². The molecular formula is C9H24NO3Si+. The molecule has 0 aromatic heterocycles. The van der Waals surface area contributed by atoms with E-state index < -0.39 is 5.91 Å². The highest BCUT2D eigenvalue weighted by Crippen LogP contribution is 2.28. The molecular weight excluding hydrogens is 198 g/mol. The van der Waals surface area contributed by atoms with E-state index in [0.717, 1.165) is 16.3 Å². The summed E-state index contributed by atoms with van der Waals surface area (Å²) in [6.45, 7) is 0. The van der Waals surface area contributed by atoms with Crippen LogP contribution in [-0.2, 0) is 14.2 Å². The van der Waals surface area contributed by atoms with Gasteiger partial charge in [-0.3, -0.25) is 4.48 Å². The molecule has 0 radical (unpaired) electrons. The van der Waals surface area contributed by atoms with Gasteiger partial charge in [0.25, 0.3) is 0 Å². The van der Waals surface area contributed by atoms with Crippen molar-refractivity contribution >= 4 is 10.2 Å². The summed E-state index contributed by atoms with van der Waals surface area (Å²) in [6.07, 6.45) is -0.0239. The number of hydrogen-bond donors (Lipinski definition) is 0. The molecule has 0 rings (SSSR count). The summed E-state index contributed by atoms with van der Waals surface area (Å²) in [4.78, 5) is 0. The summed E-state index contributed by atoms with van der Waals surface area (Å²) >= 11 is 0. The number of likely N-dealkylation sites (N-methyl/N-ethyl adjacent to an activating group) is 1. The van der Waals surface area contributed by atoms with Gasteiger partial charge in [0.2, 0.25) is 0 Å². The Hall–Kier alpha value is 0.0569. The SMILES string of the molecule is COC(C[SiH3])C(OC)(OC)[N+](C)(C)C. The number of rotatable bonds is 6. The monoisotopic (exact) mass is 222 g/mol. The van der Waals surface area contributed by atoms with Crippen LogP contribution in [0.3, 0.4) is 0 Å². The lowest BCUT2D eigenvalue weighted by atomic mass is 10.2. The number of ether oxygens (including phenoxy) is 3. The standard InChI is InChI=1S/C9H24NO3Si/c1-10(2,3)9(12-5,13-6)8(7-14)11-4/h8H,7H2,1-6,14H3/q+1. The van der Waals surface area contributed by atoms with Crippen molar-refractivity contribution in [2.24, 2.45) is 0 Å². The molecule has 0 aliphatic rings. The molecule has 0 amide bonds. The van der Waals surface area contributed by atoms with Crippen molar-refractivity contribution in [2.45, 2.75) is 18.1 Å². The lowest BCUT2D eigenvalue weighted by Gasteiger charge is -2.45. The summed E-state index contributed by atoms with van der Waals surface area (Å²) in [5.74, 6) is -0.712. The van der Waals surface area contributed by atoms with Crippen LogP contribution in [0.5, 0.6) is 0 Å². The first-order chi connectivity index (χ1) is 6.39. The van der Waals surface area contributed by atoms with Crippen molar-refractivity contribution in [3.63, 3.8) is 0 Å². The van der Waals surface area contributed by atoms with Crippen molar-refractivity contribution in [3.8, 4) is 0 Å². The first-order valence-corrected chi connectivity index (χ1v) is 6.25. The molecule has 14 heavy (non-hydrogen) atoms. The van der Waals surface area contributed by atoms with E-state index in [1.54, 1.807) is 21.3 Å². The highest BCUT2D eigenvalue weighted by Gasteiger charge is 2.51. The quantitative estimate of drug-likeness (QED) is 0.342. The van der Waals surface area contributed by atoms with E-state index in [9.17, 15) is 0 Å². The zero-order valence-corrected chi connectivity index (χ0v) is 12.5. The third-order valence-electron chi connectivity index (χ3n) is 2.58. The van der Waals surface area contributed by atoms with Crippen LogP contribution in [0.15, 0.2) is 0 Å². The number of quaternary nitrogens is 1. The first-order valence-electron chi connectivity index (χ1n) is 4.84. The number of hydrogen-bond acceptors (Lipinski definition) is 3. The highest BCUT2D eigenvalue weighted by atomic mass is 28.1. The van der Waals surface area contributed by atoms with E-state index in [1.165, 1.54) is 0 Å². The minimum Gasteiger partial charge on any atom is -0.369 e. The van der Waals surface area contributed by atoms with E-state index in [1.807, 2.05) is 21.1 Å². The maximum absolute atomic E-state index is 5.54. The predicted octanol–water partition coefficient (Wildman–Crippen LogP) is -0.562. The zero-order valence-electron chi connectivity index (χ0n) is 10.5. The van der Waals surface area contributed by atoms with Gasteiger partial charge in [0, 0.05) is 31.6 Å². The first kappa shape index (κ1) is 14.1. The Labute approximate surface area is 90.1 Å². The van der Waals surface area contributed by atoms with Crippen molar-refractivity contribution in [1.29, 1.82) is 0 Å². The average molecular weight is 222 g/mol. The molecule has 5 heteroatoms. The number of methoxy groups -OCH3 is 3. The van der Waals surface area contributed by atoms with Crippen LogP contribution in [0, 0.1) is 0 Å². The van der Waals surface area contributed by atoms with E-state index in [-0.39, 0.29) is 6.10 Å². The molecule has 0 aromatic rings. The van der Waals surface area contributed by atoms with Gasteiger partial charge < -0.3 is 14.2 Å². The van der Waals surface area contributed by atoms with Gasteiger partial charge in [-0.2, -0.15) is 0 Å². The van der Waals surface area contributed by atoms with Crippen LogP contribution in [-0.4, -0.2) is 69.2 Å². The lowest BCUT2D eigenvalue weighted by molar-refractivity contribution is -0.984. The Morgan fingerprint density at radius 1 is 1.14 bits per heavy atom. The smallest absolute Gasteiger partial charge is 0.345 e. The van der Waals surface area contributed by atoms with Gasteiger partial charge in [-0.25, -0.2) is 0 Å². The van der Waals surface area contributed by atoms with Crippen molar-refractivity contribution < 1.29 is 18.7 Å². The Morgan fingerprint density at radius 3 is 1.64 bits per heavy atom. The van der Waals surface area contributed by atoms with Gasteiger partial charge in [0.1, 0.15) is 0 Å². The average Bonchev–Trinajstić information content (AvgIpc) is 2.12. The van der Waals surface area contributed by atoms with Gasteiger partial charge >= 0.3 is 5.91 Å². The molecule has 0 aromatic carbocycles. The number of nitrogens with zero attached hydrogens (tertiary/aromatic N) is 1. The molecule has 0 saturated carbocycles. The summed E-state index contributed by atoms with van der Waals surface area (Å²) in [5.41, 5.74) is 0. The largest absolute Gasteiger partial charge is 0.369 e. The van der Waals surface area contributed by atoms with Gasteiger partial charge in [-0.1, -0.05) is 0 Å². The summed E-state index contributed by atoms with van der Waals surface area (Å²) in [6, 6.07) is 0.980. The maximum Gasteiger partial charge on any atom is 0.345 e. The Morgan fingerprint density at radius 2 is 1.57 bits per heavy atom. The summed E-state index contributed by atoms with van der Waals surface area (Å²) in [7, 11) is 12.2. The molecule has 0 N–H and O–H groups in total. The molecule has 0 aliphatic carbocycles. The summed E-state index contributed by atoms with van der Waals surface area (Å²) < 4.78 is 17.1. The fourth-order valence-corrected chi connectivity index (χ4v) is 2.75. The topological polar surface area (TPSA) is 27.7 Å². The fourth-order valence-electron chi connectivity index (χ4n) is 1.90. The second-order valence-electron chi connectivity index (χ2n) is 4.18. The van der Waals surface area contributed by atoms with Crippen LogP contribution in [0.2, 0.25) is 6.04 Å². The van der Waals surface area contributed by atoms with E-state index in [0.29, 0.717) is 4.48 Å². The fraction of sp³-hybridized carbons (Fsp3) is 1.00. The van der Waals surface area contributed by atoms with Crippen LogP contribution in [0.4, 0.5) is 0 Å². The molecule has 0 fully saturated rings. The molecule has 1 atom stereocenters. The van der Waals surface area contributed by atoms with Gasteiger partial charge in [-0.05, 0) is 6.04 Å². The molecule has 86 valence electrons. The molecule has 0 aliphatic heterocycles. The Bertz CT molecular complexity index is 162. The molecule has 0 spiro atoms. The van der Waals surface area contributed by atoms with Crippen LogP contribution < -0.4 is 0 Å². The van der Waals surface area contributed by atoms with Gasteiger partial charge in [-0.15, -0.1) is 0 Å². The molecule has 1 unspecified atom stereocenters. The Balaban J connectivity index is 5.05. The normalized spacial score (nSPS) is 15.9. The van der Waals surface area contributed by atoms with Crippen molar-refractivity contribution in [3.05, 3.63) is 0 Å².